The monoisotopic (exact) mass is 351 g/mol. The highest BCUT2D eigenvalue weighted by molar-refractivity contribution is 7.91. The molecule has 0 spiro atoms. The summed E-state index contributed by atoms with van der Waals surface area (Å²) in [6.07, 6.45) is 0. The van der Waals surface area contributed by atoms with Crippen LogP contribution in [-0.4, -0.2) is 38.1 Å². The number of sulfone groups is 1. The molecule has 0 aliphatic carbocycles. The molecule has 1 N–H and O–H groups in total. The van der Waals surface area contributed by atoms with Crippen LogP contribution in [0.25, 0.3) is 0 Å². The molecule has 7 nitrogen and oxygen atoms in total. The van der Waals surface area contributed by atoms with Crippen molar-refractivity contribution in [3.8, 4) is 11.5 Å². The molecule has 0 saturated carbocycles. The smallest absolute Gasteiger partial charge is 0.199 e. The van der Waals surface area contributed by atoms with Crippen LogP contribution in [0.15, 0.2) is 35.4 Å². The molecule has 0 aliphatic heterocycles. The van der Waals surface area contributed by atoms with Crippen LogP contribution in [0.3, 0.4) is 0 Å². The Balaban J connectivity index is 2.08. The number of aromatic nitrogens is 2. The van der Waals surface area contributed by atoms with Crippen molar-refractivity contribution < 1.29 is 17.9 Å². The first-order chi connectivity index (χ1) is 11.4. The maximum absolute atomic E-state index is 12.0. The number of nitrogens with zero attached hydrogens (tertiary/aromatic N) is 2. The van der Waals surface area contributed by atoms with E-state index < -0.39 is 15.1 Å². The summed E-state index contributed by atoms with van der Waals surface area (Å²) in [5.41, 5.74) is 0.966. The number of hydrogen-bond donors (Lipinski definition) is 1. The van der Waals surface area contributed by atoms with Gasteiger partial charge in [-0.3, -0.25) is 0 Å². The van der Waals surface area contributed by atoms with Crippen LogP contribution >= 0.6 is 0 Å². The zero-order valence-electron chi connectivity index (χ0n) is 14.1. The van der Waals surface area contributed by atoms with Crippen LogP contribution in [0.4, 0.5) is 5.82 Å². The average molecular weight is 351 g/mol. The van der Waals surface area contributed by atoms with Crippen molar-refractivity contribution in [3.63, 3.8) is 0 Å². The van der Waals surface area contributed by atoms with E-state index in [0.717, 1.165) is 5.56 Å². The zero-order valence-corrected chi connectivity index (χ0v) is 14.9. The van der Waals surface area contributed by atoms with E-state index in [1.165, 1.54) is 6.07 Å². The lowest BCUT2D eigenvalue weighted by atomic mass is 10.2. The third kappa shape index (κ3) is 3.94. The number of methoxy groups -OCH3 is 2. The highest BCUT2D eigenvalue weighted by Gasteiger charge is 2.21. The summed E-state index contributed by atoms with van der Waals surface area (Å²) in [5.74, 6) is 1.79. The van der Waals surface area contributed by atoms with Gasteiger partial charge in [0, 0.05) is 6.54 Å². The Morgan fingerprint density at radius 3 is 2.29 bits per heavy atom. The Morgan fingerprint density at radius 2 is 1.75 bits per heavy atom. The van der Waals surface area contributed by atoms with Crippen LogP contribution in [0.2, 0.25) is 0 Å². The molecule has 0 fully saturated rings. The van der Waals surface area contributed by atoms with Crippen molar-refractivity contribution in [1.82, 2.24) is 10.2 Å². The fourth-order valence-corrected chi connectivity index (χ4v) is 2.89. The van der Waals surface area contributed by atoms with Gasteiger partial charge in [0.15, 0.2) is 26.4 Å². The molecule has 8 heteroatoms. The minimum absolute atomic E-state index is 0.0193. The van der Waals surface area contributed by atoms with Gasteiger partial charge in [0.05, 0.1) is 19.5 Å². The molecule has 2 rings (SSSR count). The first kappa shape index (κ1) is 18.0. The SMILES string of the molecule is COc1ccc(CNc2ccc(S(=O)(=O)C(C)C)nn2)cc1OC. The van der Waals surface area contributed by atoms with Crippen molar-refractivity contribution in [2.75, 3.05) is 19.5 Å². The van der Waals surface area contributed by atoms with Crippen LogP contribution in [0, 0.1) is 0 Å². The van der Waals surface area contributed by atoms with Crippen molar-refractivity contribution >= 4 is 15.7 Å². The van der Waals surface area contributed by atoms with E-state index in [2.05, 4.69) is 15.5 Å². The summed E-state index contributed by atoms with van der Waals surface area (Å²) >= 11 is 0. The Bertz CT molecular complexity index is 789. The standard InChI is InChI=1S/C16H21N3O4S/c1-11(2)24(20,21)16-8-7-15(18-19-16)17-10-12-5-6-13(22-3)14(9-12)23-4/h5-9,11H,10H2,1-4H3,(H,17,18). The zero-order chi connectivity index (χ0) is 17.7. The topological polar surface area (TPSA) is 90.4 Å². The second kappa shape index (κ2) is 7.48. The van der Waals surface area contributed by atoms with Crippen molar-refractivity contribution in [1.29, 1.82) is 0 Å². The molecular weight excluding hydrogens is 330 g/mol. The Morgan fingerprint density at radius 1 is 1.04 bits per heavy atom. The van der Waals surface area contributed by atoms with Gasteiger partial charge in [0.2, 0.25) is 0 Å². The summed E-state index contributed by atoms with van der Waals surface area (Å²) in [5, 5.41) is 10.3. The molecule has 0 atom stereocenters. The molecule has 1 aromatic heterocycles. The number of ether oxygens (including phenoxy) is 2. The second-order valence-electron chi connectivity index (χ2n) is 5.39. The third-order valence-electron chi connectivity index (χ3n) is 3.47. The van der Waals surface area contributed by atoms with Crippen LogP contribution in [0.5, 0.6) is 11.5 Å². The summed E-state index contributed by atoms with van der Waals surface area (Å²) in [7, 11) is -0.250. The minimum Gasteiger partial charge on any atom is -0.493 e. The summed E-state index contributed by atoms with van der Waals surface area (Å²) in [6.45, 7) is 3.71. The van der Waals surface area contributed by atoms with Crippen LogP contribution in [-0.2, 0) is 16.4 Å². The van der Waals surface area contributed by atoms with Gasteiger partial charge in [-0.1, -0.05) is 6.07 Å². The lowest BCUT2D eigenvalue weighted by molar-refractivity contribution is 0.354. The van der Waals surface area contributed by atoms with E-state index in [1.54, 1.807) is 34.1 Å². The van der Waals surface area contributed by atoms with Gasteiger partial charge >= 0.3 is 0 Å². The number of rotatable bonds is 7. The summed E-state index contributed by atoms with van der Waals surface area (Å²) in [4.78, 5) is 0. The molecular formula is C16H21N3O4S. The summed E-state index contributed by atoms with van der Waals surface area (Å²) < 4.78 is 34.5. The van der Waals surface area contributed by atoms with Gasteiger partial charge < -0.3 is 14.8 Å². The van der Waals surface area contributed by atoms with Crippen molar-refractivity contribution in [2.24, 2.45) is 0 Å². The van der Waals surface area contributed by atoms with Crippen molar-refractivity contribution in [2.45, 2.75) is 30.7 Å². The number of anilines is 1. The minimum atomic E-state index is -3.41. The highest BCUT2D eigenvalue weighted by Crippen LogP contribution is 2.27. The van der Waals surface area contributed by atoms with Gasteiger partial charge in [-0.2, -0.15) is 0 Å². The van der Waals surface area contributed by atoms with Gasteiger partial charge in [-0.15, -0.1) is 10.2 Å². The lowest BCUT2D eigenvalue weighted by Crippen LogP contribution is -2.16. The van der Waals surface area contributed by atoms with Gasteiger partial charge in [0.1, 0.15) is 5.82 Å². The normalized spacial score (nSPS) is 11.4. The van der Waals surface area contributed by atoms with Crippen molar-refractivity contribution in [3.05, 3.63) is 35.9 Å². The molecule has 0 bridgehead atoms. The van der Waals surface area contributed by atoms with E-state index in [0.29, 0.717) is 23.9 Å². The third-order valence-corrected chi connectivity index (χ3v) is 5.52. The van der Waals surface area contributed by atoms with E-state index in [4.69, 9.17) is 9.47 Å². The predicted molar refractivity (Wildman–Crippen MR) is 91.2 cm³/mol. The molecule has 0 amide bonds. The van der Waals surface area contributed by atoms with Gasteiger partial charge in [-0.05, 0) is 43.7 Å². The largest absolute Gasteiger partial charge is 0.493 e. The number of nitrogens with one attached hydrogen (secondary N) is 1. The maximum Gasteiger partial charge on any atom is 0.199 e. The first-order valence-corrected chi connectivity index (χ1v) is 8.95. The van der Waals surface area contributed by atoms with E-state index >= 15 is 0 Å². The quantitative estimate of drug-likeness (QED) is 0.818. The molecule has 0 radical (unpaired) electrons. The molecule has 0 saturated heterocycles. The van der Waals surface area contributed by atoms with E-state index in [9.17, 15) is 8.42 Å². The van der Waals surface area contributed by atoms with E-state index in [1.807, 2.05) is 18.2 Å². The van der Waals surface area contributed by atoms with Gasteiger partial charge in [0.25, 0.3) is 0 Å². The fraction of sp³-hybridized carbons (Fsp3) is 0.375. The molecule has 1 aromatic carbocycles. The Hall–Kier alpha value is -2.35. The number of benzene rings is 1. The summed E-state index contributed by atoms with van der Waals surface area (Å²) in [6, 6.07) is 8.64. The fourth-order valence-electron chi connectivity index (χ4n) is 1.99. The van der Waals surface area contributed by atoms with Crippen LogP contribution in [0.1, 0.15) is 19.4 Å². The van der Waals surface area contributed by atoms with E-state index in [-0.39, 0.29) is 5.03 Å². The average Bonchev–Trinajstić information content (AvgIpc) is 2.59. The molecule has 1 heterocycles. The highest BCUT2D eigenvalue weighted by atomic mass is 32.2. The molecule has 0 unspecified atom stereocenters. The Labute approximate surface area is 141 Å². The Kier molecular flexibility index (Phi) is 5.61. The molecule has 130 valence electrons. The lowest BCUT2D eigenvalue weighted by Gasteiger charge is -2.11. The molecule has 24 heavy (non-hydrogen) atoms. The number of hydrogen-bond acceptors (Lipinski definition) is 7. The molecule has 0 aliphatic rings. The molecule has 2 aromatic rings. The van der Waals surface area contributed by atoms with Crippen LogP contribution < -0.4 is 14.8 Å². The maximum atomic E-state index is 12.0. The van der Waals surface area contributed by atoms with Gasteiger partial charge in [-0.25, -0.2) is 8.42 Å². The predicted octanol–water partition coefficient (Wildman–Crippen LogP) is 2.29. The first-order valence-electron chi connectivity index (χ1n) is 7.41. The second-order valence-corrected chi connectivity index (χ2v) is 7.84.